The lowest BCUT2D eigenvalue weighted by Gasteiger charge is -2.11. The van der Waals surface area contributed by atoms with Gasteiger partial charge in [0.25, 0.3) is 5.91 Å². The number of aliphatic carboxylic acids is 1. The van der Waals surface area contributed by atoms with Gasteiger partial charge in [-0.3, -0.25) is 9.59 Å². The maximum atomic E-state index is 11.8. The third-order valence-electron chi connectivity index (χ3n) is 3.12. The molecular weight excluding hydrogens is 230 g/mol. The van der Waals surface area contributed by atoms with Crippen LogP contribution in [0, 0.1) is 19.8 Å². The van der Waals surface area contributed by atoms with Crippen LogP contribution >= 0.6 is 0 Å². The third-order valence-corrected chi connectivity index (χ3v) is 3.12. The van der Waals surface area contributed by atoms with Gasteiger partial charge in [0.05, 0.1) is 5.92 Å². The number of carboxylic acid groups (broad SMARTS) is 1. The highest BCUT2D eigenvalue weighted by atomic mass is 16.4. The number of rotatable bonds is 5. The zero-order valence-corrected chi connectivity index (χ0v) is 11.0. The van der Waals surface area contributed by atoms with E-state index in [1.54, 1.807) is 13.0 Å². The van der Waals surface area contributed by atoms with Crippen molar-refractivity contribution < 1.29 is 14.7 Å². The molecule has 1 atom stereocenters. The van der Waals surface area contributed by atoms with Gasteiger partial charge in [0.1, 0.15) is 0 Å². The van der Waals surface area contributed by atoms with Crippen molar-refractivity contribution in [1.82, 2.24) is 5.32 Å². The molecule has 98 valence electrons. The largest absolute Gasteiger partial charge is 0.481 e. The molecule has 0 aliphatic heterocycles. The zero-order valence-electron chi connectivity index (χ0n) is 11.0. The van der Waals surface area contributed by atoms with Crippen molar-refractivity contribution in [2.24, 2.45) is 5.92 Å². The molecule has 4 nitrogen and oxygen atoms in total. The highest BCUT2D eigenvalue weighted by Crippen LogP contribution is 2.10. The standard InChI is InChI=1S/C14H19NO3/c1-4-11(14(17)18)8-15-13(16)12-6-5-9(2)10(3)7-12/h5-7,11H,4,8H2,1-3H3,(H,15,16)(H,17,18). The van der Waals surface area contributed by atoms with Crippen LogP contribution in [0.4, 0.5) is 0 Å². The number of nitrogens with one attached hydrogen (secondary N) is 1. The molecule has 1 aromatic rings. The van der Waals surface area contributed by atoms with Crippen LogP contribution < -0.4 is 5.32 Å². The fourth-order valence-corrected chi connectivity index (χ4v) is 1.61. The van der Waals surface area contributed by atoms with Crippen molar-refractivity contribution >= 4 is 11.9 Å². The number of benzene rings is 1. The maximum Gasteiger partial charge on any atom is 0.308 e. The van der Waals surface area contributed by atoms with Crippen molar-refractivity contribution in [1.29, 1.82) is 0 Å². The molecule has 2 N–H and O–H groups in total. The highest BCUT2D eigenvalue weighted by molar-refractivity contribution is 5.94. The van der Waals surface area contributed by atoms with E-state index in [1.165, 1.54) is 0 Å². The van der Waals surface area contributed by atoms with Crippen molar-refractivity contribution in [2.75, 3.05) is 6.54 Å². The van der Waals surface area contributed by atoms with E-state index in [2.05, 4.69) is 5.32 Å². The van der Waals surface area contributed by atoms with Crippen molar-refractivity contribution in [2.45, 2.75) is 27.2 Å². The molecule has 0 aromatic heterocycles. The smallest absolute Gasteiger partial charge is 0.308 e. The van der Waals surface area contributed by atoms with Gasteiger partial charge in [-0.05, 0) is 43.5 Å². The highest BCUT2D eigenvalue weighted by Gasteiger charge is 2.16. The summed E-state index contributed by atoms with van der Waals surface area (Å²) in [4.78, 5) is 22.7. The Balaban J connectivity index is 2.65. The Morgan fingerprint density at radius 2 is 1.94 bits per heavy atom. The van der Waals surface area contributed by atoms with Crippen molar-refractivity contribution in [3.05, 3.63) is 34.9 Å². The summed E-state index contributed by atoms with van der Waals surface area (Å²) in [6.07, 6.45) is 0.503. The van der Waals surface area contributed by atoms with Crippen LogP contribution in [0.15, 0.2) is 18.2 Å². The first-order chi connectivity index (χ1) is 8.45. The molecule has 0 bridgehead atoms. The molecule has 18 heavy (non-hydrogen) atoms. The second-order valence-corrected chi connectivity index (χ2v) is 4.45. The van der Waals surface area contributed by atoms with E-state index < -0.39 is 11.9 Å². The molecule has 4 heteroatoms. The molecule has 0 aliphatic rings. The Hall–Kier alpha value is -1.84. The lowest BCUT2D eigenvalue weighted by molar-refractivity contribution is -0.141. The fourth-order valence-electron chi connectivity index (χ4n) is 1.61. The van der Waals surface area contributed by atoms with E-state index in [4.69, 9.17) is 5.11 Å². The van der Waals surface area contributed by atoms with E-state index in [-0.39, 0.29) is 12.5 Å². The summed E-state index contributed by atoms with van der Waals surface area (Å²) in [5, 5.41) is 11.5. The summed E-state index contributed by atoms with van der Waals surface area (Å²) in [5.41, 5.74) is 2.75. The van der Waals surface area contributed by atoms with E-state index in [0.717, 1.165) is 11.1 Å². The summed E-state index contributed by atoms with van der Waals surface area (Å²) in [6, 6.07) is 5.45. The number of carbonyl (C=O) groups is 2. The molecule has 1 unspecified atom stereocenters. The van der Waals surface area contributed by atoms with Crippen LogP contribution in [0.25, 0.3) is 0 Å². The average Bonchev–Trinajstić information content (AvgIpc) is 2.32. The van der Waals surface area contributed by atoms with Gasteiger partial charge in [0.2, 0.25) is 0 Å². The zero-order chi connectivity index (χ0) is 13.7. The molecule has 0 spiro atoms. The molecule has 0 aliphatic carbocycles. The van der Waals surface area contributed by atoms with Crippen molar-refractivity contribution in [3.63, 3.8) is 0 Å². The van der Waals surface area contributed by atoms with Crippen molar-refractivity contribution in [3.8, 4) is 0 Å². The molecule has 0 saturated heterocycles. The molecule has 1 rings (SSSR count). The van der Waals surface area contributed by atoms with E-state index >= 15 is 0 Å². The van der Waals surface area contributed by atoms with Crippen LogP contribution in [0.2, 0.25) is 0 Å². The van der Waals surface area contributed by atoms with Crippen LogP contribution in [0.5, 0.6) is 0 Å². The minimum absolute atomic E-state index is 0.164. The summed E-state index contributed by atoms with van der Waals surface area (Å²) >= 11 is 0. The first-order valence-corrected chi connectivity index (χ1v) is 6.04. The van der Waals surface area contributed by atoms with Gasteiger partial charge in [-0.15, -0.1) is 0 Å². The van der Waals surface area contributed by atoms with E-state index in [9.17, 15) is 9.59 Å². The van der Waals surface area contributed by atoms with Gasteiger partial charge in [-0.25, -0.2) is 0 Å². The minimum atomic E-state index is -0.877. The number of hydrogen-bond acceptors (Lipinski definition) is 2. The SMILES string of the molecule is CCC(CNC(=O)c1ccc(C)c(C)c1)C(=O)O. The molecule has 0 heterocycles. The molecular formula is C14H19NO3. The monoisotopic (exact) mass is 249 g/mol. The second-order valence-electron chi connectivity index (χ2n) is 4.45. The number of aryl methyl sites for hydroxylation is 2. The quantitative estimate of drug-likeness (QED) is 0.840. The lowest BCUT2D eigenvalue weighted by Crippen LogP contribution is -2.32. The number of amides is 1. The van der Waals surface area contributed by atoms with E-state index in [1.807, 2.05) is 26.0 Å². The predicted molar refractivity (Wildman–Crippen MR) is 69.7 cm³/mol. The van der Waals surface area contributed by atoms with Gasteiger partial charge >= 0.3 is 5.97 Å². The second kappa shape index (κ2) is 6.19. The Bertz CT molecular complexity index is 454. The van der Waals surface area contributed by atoms with Gasteiger partial charge in [0, 0.05) is 12.1 Å². The Kier molecular flexibility index (Phi) is 4.89. The number of hydrogen-bond donors (Lipinski definition) is 2. The summed E-state index contributed by atoms with van der Waals surface area (Å²) in [6.45, 7) is 5.88. The van der Waals surface area contributed by atoms with E-state index in [0.29, 0.717) is 12.0 Å². The average molecular weight is 249 g/mol. The first kappa shape index (κ1) is 14.2. The Labute approximate surface area is 107 Å². The molecule has 0 saturated carbocycles. The maximum absolute atomic E-state index is 11.8. The Morgan fingerprint density at radius 3 is 2.44 bits per heavy atom. The normalized spacial score (nSPS) is 11.9. The molecule has 0 radical (unpaired) electrons. The predicted octanol–water partition coefficient (Wildman–Crippen LogP) is 2.14. The summed E-state index contributed by atoms with van der Waals surface area (Å²) < 4.78 is 0. The van der Waals surface area contributed by atoms with Crippen LogP contribution in [0.1, 0.15) is 34.8 Å². The fraction of sp³-hybridized carbons (Fsp3) is 0.429. The lowest BCUT2D eigenvalue weighted by atomic mass is 10.0. The van der Waals surface area contributed by atoms with Gasteiger partial charge in [-0.2, -0.15) is 0 Å². The molecule has 1 aromatic carbocycles. The van der Waals surface area contributed by atoms with Crippen LogP contribution in [-0.4, -0.2) is 23.5 Å². The molecule has 1 amide bonds. The number of carboxylic acids is 1. The van der Waals surface area contributed by atoms with Gasteiger partial charge in [0.15, 0.2) is 0 Å². The number of carbonyl (C=O) groups excluding carboxylic acids is 1. The van der Waals surface area contributed by atoms with Gasteiger partial charge < -0.3 is 10.4 Å². The minimum Gasteiger partial charge on any atom is -0.481 e. The molecule has 0 fully saturated rings. The van der Waals surface area contributed by atoms with Gasteiger partial charge in [-0.1, -0.05) is 13.0 Å². The topological polar surface area (TPSA) is 66.4 Å². The third kappa shape index (κ3) is 3.58. The summed E-state index contributed by atoms with van der Waals surface area (Å²) in [5.74, 6) is -1.63. The first-order valence-electron chi connectivity index (χ1n) is 6.04. The Morgan fingerprint density at radius 1 is 1.28 bits per heavy atom. The van der Waals surface area contributed by atoms with Crippen LogP contribution in [0.3, 0.4) is 0 Å². The summed E-state index contributed by atoms with van der Waals surface area (Å²) in [7, 11) is 0. The van der Waals surface area contributed by atoms with Crippen LogP contribution in [-0.2, 0) is 4.79 Å².